The number of carbonyl (C=O) groups is 1. The number of methoxy groups -OCH3 is 1. The highest BCUT2D eigenvalue weighted by atomic mass is 35.5. The van der Waals surface area contributed by atoms with Crippen molar-refractivity contribution in [2.75, 3.05) is 7.11 Å². The Labute approximate surface area is 114 Å². The van der Waals surface area contributed by atoms with Crippen molar-refractivity contribution in [2.45, 2.75) is 51.3 Å². The van der Waals surface area contributed by atoms with Crippen LogP contribution in [0.2, 0.25) is 0 Å². The summed E-state index contributed by atoms with van der Waals surface area (Å²) in [5.41, 5.74) is 1.15. The number of ether oxygens (including phenoxy) is 1. The fraction of sp³-hybridized carbons (Fsp3) is 0.643. The molecular formula is C14H22ClNO2. The first kappa shape index (κ1) is 15.3. The van der Waals surface area contributed by atoms with Crippen LogP contribution in [0.15, 0.2) is 23.8 Å². The molecule has 1 rings (SSSR count). The van der Waals surface area contributed by atoms with E-state index in [9.17, 15) is 4.79 Å². The maximum atomic E-state index is 11.9. The number of halogens is 1. The number of hydrogen-bond donors (Lipinski definition) is 0. The second-order valence-electron chi connectivity index (χ2n) is 4.77. The minimum absolute atomic E-state index is 0.0316. The van der Waals surface area contributed by atoms with Gasteiger partial charge in [-0.25, -0.2) is 0 Å². The molecule has 3 nitrogen and oxygen atoms in total. The fourth-order valence-electron chi connectivity index (χ4n) is 2.43. The van der Waals surface area contributed by atoms with Crippen LogP contribution in [0.3, 0.4) is 0 Å². The molecule has 0 aromatic heterocycles. The summed E-state index contributed by atoms with van der Waals surface area (Å²) in [5, 5.41) is 0. The third-order valence-corrected chi connectivity index (χ3v) is 3.73. The second-order valence-corrected chi connectivity index (χ2v) is 5.58. The summed E-state index contributed by atoms with van der Waals surface area (Å²) in [6.07, 6.45) is 6.48. The van der Waals surface area contributed by atoms with Gasteiger partial charge >= 0.3 is 0 Å². The Balaban J connectivity index is 3.18. The minimum Gasteiger partial charge on any atom is -0.362 e. The van der Waals surface area contributed by atoms with Gasteiger partial charge in [0.05, 0.1) is 10.9 Å². The Bertz CT molecular complexity index is 374. The zero-order valence-corrected chi connectivity index (χ0v) is 12.5. The molecule has 0 aromatic rings. The molecule has 0 N–H and O–H groups in total. The maximum absolute atomic E-state index is 11.9. The van der Waals surface area contributed by atoms with Crippen LogP contribution in [-0.4, -0.2) is 35.1 Å². The van der Waals surface area contributed by atoms with Crippen molar-refractivity contribution in [1.29, 1.82) is 0 Å². The predicted octanol–water partition coefficient (Wildman–Crippen LogP) is 3.10. The first-order chi connectivity index (χ1) is 8.35. The standard InChI is InChI=1S/C14H22ClNO2/c1-6-12-8-7-9-14(4,15)13(12)16(10(2)17)11(3)18-5/h7-9,11,13H,6H2,1-5H3. The van der Waals surface area contributed by atoms with Crippen LogP contribution in [-0.2, 0) is 9.53 Å². The quantitative estimate of drug-likeness (QED) is 0.581. The van der Waals surface area contributed by atoms with Crippen LogP contribution in [0.25, 0.3) is 0 Å². The van der Waals surface area contributed by atoms with Crippen LogP contribution in [0, 0.1) is 0 Å². The van der Waals surface area contributed by atoms with E-state index in [4.69, 9.17) is 16.3 Å². The lowest BCUT2D eigenvalue weighted by atomic mass is 9.86. The molecule has 0 heterocycles. The second kappa shape index (κ2) is 5.89. The highest BCUT2D eigenvalue weighted by Gasteiger charge is 2.41. The molecule has 102 valence electrons. The monoisotopic (exact) mass is 271 g/mol. The van der Waals surface area contributed by atoms with Gasteiger partial charge < -0.3 is 9.64 Å². The molecule has 0 radical (unpaired) electrons. The van der Waals surface area contributed by atoms with E-state index < -0.39 is 4.87 Å². The molecule has 0 spiro atoms. The molecule has 0 bridgehead atoms. The Morgan fingerprint density at radius 3 is 2.72 bits per heavy atom. The molecule has 3 atom stereocenters. The van der Waals surface area contributed by atoms with Gasteiger partial charge in [-0.15, -0.1) is 11.6 Å². The average Bonchev–Trinajstić information content (AvgIpc) is 2.30. The van der Waals surface area contributed by atoms with Gasteiger partial charge in [0.2, 0.25) is 5.91 Å². The molecule has 1 aliphatic carbocycles. The molecule has 0 aliphatic heterocycles. The Morgan fingerprint density at radius 1 is 1.67 bits per heavy atom. The molecule has 3 unspecified atom stereocenters. The molecule has 0 aromatic carbocycles. The highest BCUT2D eigenvalue weighted by molar-refractivity contribution is 6.26. The largest absolute Gasteiger partial charge is 0.362 e. The van der Waals surface area contributed by atoms with Crippen LogP contribution < -0.4 is 0 Å². The highest BCUT2D eigenvalue weighted by Crippen LogP contribution is 2.36. The minimum atomic E-state index is -0.599. The molecule has 1 amide bonds. The van der Waals surface area contributed by atoms with E-state index in [1.54, 1.807) is 18.9 Å². The molecular weight excluding hydrogens is 250 g/mol. The summed E-state index contributed by atoms with van der Waals surface area (Å²) in [5.74, 6) is -0.0316. The van der Waals surface area contributed by atoms with E-state index in [0.29, 0.717) is 0 Å². The van der Waals surface area contributed by atoms with Crippen molar-refractivity contribution in [3.8, 4) is 0 Å². The van der Waals surface area contributed by atoms with Gasteiger partial charge in [-0.3, -0.25) is 4.79 Å². The van der Waals surface area contributed by atoms with Gasteiger partial charge in [0, 0.05) is 14.0 Å². The number of alkyl halides is 1. The SMILES string of the molecule is CCC1=CC=CC(C)(Cl)C1N(C(C)=O)C(C)OC. The molecule has 18 heavy (non-hydrogen) atoms. The average molecular weight is 272 g/mol. The molecule has 4 heteroatoms. The van der Waals surface area contributed by atoms with Gasteiger partial charge in [-0.1, -0.05) is 25.2 Å². The van der Waals surface area contributed by atoms with E-state index in [-0.39, 0.29) is 18.2 Å². The Morgan fingerprint density at radius 2 is 2.28 bits per heavy atom. The van der Waals surface area contributed by atoms with E-state index in [2.05, 4.69) is 6.92 Å². The van der Waals surface area contributed by atoms with Gasteiger partial charge in [-0.05, 0) is 25.8 Å². The van der Waals surface area contributed by atoms with Crippen molar-refractivity contribution in [2.24, 2.45) is 0 Å². The van der Waals surface area contributed by atoms with Crippen LogP contribution >= 0.6 is 11.6 Å². The van der Waals surface area contributed by atoms with Gasteiger partial charge in [0.1, 0.15) is 6.23 Å². The van der Waals surface area contributed by atoms with E-state index in [1.165, 1.54) is 0 Å². The summed E-state index contributed by atoms with van der Waals surface area (Å²) in [6, 6.07) is -0.165. The molecule has 0 saturated heterocycles. The molecule has 1 aliphatic rings. The molecule has 0 saturated carbocycles. The Hall–Kier alpha value is -0.800. The van der Waals surface area contributed by atoms with Crippen molar-refractivity contribution < 1.29 is 9.53 Å². The zero-order valence-electron chi connectivity index (χ0n) is 11.7. The van der Waals surface area contributed by atoms with E-state index >= 15 is 0 Å². The predicted molar refractivity (Wildman–Crippen MR) is 74.6 cm³/mol. The lowest BCUT2D eigenvalue weighted by Crippen LogP contribution is -2.55. The molecule has 0 fully saturated rings. The van der Waals surface area contributed by atoms with Crippen LogP contribution in [0.1, 0.15) is 34.1 Å². The van der Waals surface area contributed by atoms with Crippen LogP contribution in [0.4, 0.5) is 0 Å². The van der Waals surface area contributed by atoms with Crippen LogP contribution in [0.5, 0.6) is 0 Å². The number of allylic oxidation sites excluding steroid dienone is 2. The summed E-state index contributed by atoms with van der Waals surface area (Å²) in [7, 11) is 1.60. The lowest BCUT2D eigenvalue weighted by Gasteiger charge is -2.43. The normalized spacial score (nSPS) is 28.8. The van der Waals surface area contributed by atoms with Gasteiger partial charge in [-0.2, -0.15) is 0 Å². The summed E-state index contributed by atoms with van der Waals surface area (Å²) < 4.78 is 5.31. The summed E-state index contributed by atoms with van der Waals surface area (Å²) in [6.45, 7) is 7.41. The van der Waals surface area contributed by atoms with Crippen molar-refractivity contribution in [3.63, 3.8) is 0 Å². The topological polar surface area (TPSA) is 29.5 Å². The van der Waals surface area contributed by atoms with E-state index in [0.717, 1.165) is 12.0 Å². The number of rotatable bonds is 4. The van der Waals surface area contributed by atoms with Crippen molar-refractivity contribution >= 4 is 17.5 Å². The van der Waals surface area contributed by atoms with Crippen molar-refractivity contribution in [1.82, 2.24) is 4.90 Å². The first-order valence-corrected chi connectivity index (χ1v) is 6.61. The first-order valence-electron chi connectivity index (χ1n) is 6.24. The zero-order chi connectivity index (χ0) is 13.9. The Kier molecular flexibility index (Phi) is 5.00. The number of carbonyl (C=O) groups excluding carboxylic acids is 1. The fourth-order valence-corrected chi connectivity index (χ4v) is 2.75. The van der Waals surface area contributed by atoms with E-state index in [1.807, 2.05) is 32.1 Å². The maximum Gasteiger partial charge on any atom is 0.222 e. The number of amides is 1. The third-order valence-electron chi connectivity index (χ3n) is 3.40. The van der Waals surface area contributed by atoms with Crippen molar-refractivity contribution in [3.05, 3.63) is 23.8 Å². The smallest absolute Gasteiger partial charge is 0.222 e. The number of nitrogens with zero attached hydrogens (tertiary/aromatic N) is 1. The summed E-state index contributed by atoms with van der Waals surface area (Å²) in [4.78, 5) is 13.0. The number of hydrogen-bond acceptors (Lipinski definition) is 2. The van der Waals surface area contributed by atoms with Gasteiger partial charge in [0.15, 0.2) is 0 Å². The lowest BCUT2D eigenvalue weighted by molar-refractivity contribution is -0.144. The summed E-state index contributed by atoms with van der Waals surface area (Å²) >= 11 is 6.57. The third kappa shape index (κ3) is 2.96. The van der Waals surface area contributed by atoms with Gasteiger partial charge in [0.25, 0.3) is 0 Å².